The van der Waals surface area contributed by atoms with E-state index in [1.54, 1.807) is 4.57 Å². The molecule has 0 saturated heterocycles. The van der Waals surface area contributed by atoms with Crippen LogP contribution < -0.4 is 0 Å². The number of imidazole rings is 1. The third-order valence-electron chi connectivity index (χ3n) is 3.82. The van der Waals surface area contributed by atoms with Crippen molar-refractivity contribution in [1.82, 2.24) is 13.9 Å². The third-order valence-corrected chi connectivity index (χ3v) is 5.57. The Hall–Kier alpha value is -1.35. The molecule has 0 aromatic carbocycles. The molecule has 1 aromatic heterocycles. The molecule has 0 amide bonds. The quantitative estimate of drug-likeness (QED) is 0.794. The first kappa shape index (κ1) is 17.0. The molecule has 1 aliphatic rings. The number of aromatic nitrogens is 2. The fourth-order valence-electron chi connectivity index (χ4n) is 2.16. The van der Waals surface area contributed by atoms with Crippen molar-refractivity contribution in [2.45, 2.75) is 43.9 Å². The maximum absolute atomic E-state index is 12.6. The Kier molecular flexibility index (Phi) is 4.67. The second-order valence-corrected chi connectivity index (χ2v) is 7.14. The van der Waals surface area contributed by atoms with E-state index in [4.69, 9.17) is 0 Å². The summed E-state index contributed by atoms with van der Waals surface area (Å²) in [6.07, 6.45) is -0.138. The summed E-state index contributed by atoms with van der Waals surface area (Å²) in [6.45, 7) is 3.42. The molecular weight excluding hydrogens is 319 g/mol. The van der Waals surface area contributed by atoms with Crippen LogP contribution in [0.5, 0.6) is 0 Å². The van der Waals surface area contributed by atoms with Gasteiger partial charge in [0.1, 0.15) is 0 Å². The molecule has 0 spiro atoms. The molecule has 0 N–H and O–H groups in total. The van der Waals surface area contributed by atoms with Gasteiger partial charge in [-0.3, -0.25) is 0 Å². The summed E-state index contributed by atoms with van der Waals surface area (Å²) in [5, 5.41) is -0.128. The molecular formula is C13H18F3N3O2S. The van der Waals surface area contributed by atoms with Crippen LogP contribution in [0.4, 0.5) is 13.2 Å². The monoisotopic (exact) mass is 337 g/mol. The van der Waals surface area contributed by atoms with Crippen molar-refractivity contribution in [3.8, 4) is 0 Å². The molecule has 1 aliphatic heterocycles. The Labute approximate surface area is 127 Å². The lowest BCUT2D eigenvalue weighted by Crippen LogP contribution is -2.36. The van der Waals surface area contributed by atoms with Gasteiger partial charge < -0.3 is 4.57 Å². The predicted octanol–water partition coefficient (Wildman–Crippen LogP) is 2.74. The third kappa shape index (κ3) is 3.35. The average molecular weight is 337 g/mol. The minimum atomic E-state index is -4.39. The Morgan fingerprint density at radius 1 is 1.41 bits per heavy atom. The Morgan fingerprint density at radius 3 is 2.59 bits per heavy atom. The van der Waals surface area contributed by atoms with Gasteiger partial charge in [-0.25, -0.2) is 13.4 Å². The van der Waals surface area contributed by atoms with E-state index in [2.05, 4.69) is 4.98 Å². The summed E-state index contributed by atoms with van der Waals surface area (Å²) >= 11 is 0. The van der Waals surface area contributed by atoms with Gasteiger partial charge in [0.2, 0.25) is 0 Å². The lowest BCUT2D eigenvalue weighted by atomic mass is 10.1. The van der Waals surface area contributed by atoms with Crippen LogP contribution in [0.25, 0.3) is 0 Å². The first-order valence-corrected chi connectivity index (χ1v) is 8.40. The SMILES string of the molecule is CC[C@H](C)n1cnc(S(=O)(=O)N2CC=C(C(F)(F)F)CC2)c1. The fraction of sp³-hybridized carbons (Fsp3) is 0.615. The Bertz CT molecular complexity index is 664. The summed E-state index contributed by atoms with van der Waals surface area (Å²) in [5.41, 5.74) is -0.677. The molecule has 5 nitrogen and oxygen atoms in total. The molecule has 1 aromatic rings. The summed E-state index contributed by atoms with van der Waals surface area (Å²) in [5.74, 6) is 0. The predicted molar refractivity (Wildman–Crippen MR) is 74.7 cm³/mol. The highest BCUT2D eigenvalue weighted by Gasteiger charge is 2.37. The van der Waals surface area contributed by atoms with Gasteiger partial charge in [0.05, 0.1) is 6.33 Å². The summed E-state index contributed by atoms with van der Waals surface area (Å²) in [4.78, 5) is 3.89. The number of halogens is 3. The molecule has 22 heavy (non-hydrogen) atoms. The second-order valence-electron chi connectivity index (χ2n) is 5.26. The van der Waals surface area contributed by atoms with Crippen molar-refractivity contribution in [3.05, 3.63) is 24.2 Å². The maximum Gasteiger partial charge on any atom is 0.412 e. The van der Waals surface area contributed by atoms with E-state index < -0.39 is 21.8 Å². The van der Waals surface area contributed by atoms with Crippen LogP contribution in [0.3, 0.4) is 0 Å². The molecule has 2 heterocycles. The van der Waals surface area contributed by atoms with Crippen LogP contribution in [0.15, 0.2) is 29.2 Å². The zero-order valence-electron chi connectivity index (χ0n) is 12.3. The first-order chi connectivity index (χ1) is 10.2. The van der Waals surface area contributed by atoms with Gasteiger partial charge >= 0.3 is 6.18 Å². The highest BCUT2D eigenvalue weighted by molar-refractivity contribution is 7.89. The lowest BCUT2D eigenvalue weighted by molar-refractivity contribution is -0.0953. The van der Waals surface area contributed by atoms with Gasteiger partial charge in [0, 0.05) is 30.9 Å². The molecule has 0 bridgehead atoms. The largest absolute Gasteiger partial charge is 0.412 e. The van der Waals surface area contributed by atoms with E-state index >= 15 is 0 Å². The highest BCUT2D eigenvalue weighted by atomic mass is 32.2. The molecule has 0 fully saturated rings. The lowest BCUT2D eigenvalue weighted by Gasteiger charge is -2.25. The van der Waals surface area contributed by atoms with Gasteiger partial charge in [0.15, 0.2) is 5.03 Å². The topological polar surface area (TPSA) is 55.2 Å². The minimum absolute atomic E-state index is 0.106. The Balaban J connectivity index is 2.19. The molecule has 1 atom stereocenters. The van der Waals surface area contributed by atoms with Gasteiger partial charge in [0.25, 0.3) is 10.0 Å². The van der Waals surface area contributed by atoms with E-state index in [1.165, 1.54) is 12.5 Å². The van der Waals surface area contributed by atoms with Gasteiger partial charge in [-0.1, -0.05) is 13.0 Å². The van der Waals surface area contributed by atoms with Crippen LogP contribution in [-0.2, 0) is 10.0 Å². The zero-order valence-corrected chi connectivity index (χ0v) is 13.2. The van der Waals surface area contributed by atoms with Crippen molar-refractivity contribution in [2.24, 2.45) is 0 Å². The molecule has 124 valence electrons. The number of alkyl halides is 3. The number of rotatable bonds is 4. The van der Waals surface area contributed by atoms with Gasteiger partial charge in [-0.05, 0) is 19.8 Å². The van der Waals surface area contributed by atoms with E-state index in [0.717, 1.165) is 16.8 Å². The van der Waals surface area contributed by atoms with Crippen molar-refractivity contribution < 1.29 is 21.6 Å². The molecule has 9 heteroatoms. The highest BCUT2D eigenvalue weighted by Crippen LogP contribution is 2.31. The van der Waals surface area contributed by atoms with Crippen molar-refractivity contribution in [1.29, 1.82) is 0 Å². The van der Waals surface area contributed by atoms with Crippen molar-refractivity contribution >= 4 is 10.0 Å². The number of nitrogens with zero attached hydrogens (tertiary/aromatic N) is 3. The summed E-state index contributed by atoms with van der Waals surface area (Å²) < 4.78 is 65.2. The number of hydrogen-bond acceptors (Lipinski definition) is 3. The van der Waals surface area contributed by atoms with E-state index in [0.29, 0.717) is 0 Å². The molecule has 0 saturated carbocycles. The first-order valence-electron chi connectivity index (χ1n) is 6.96. The van der Waals surface area contributed by atoms with Crippen LogP contribution in [0, 0.1) is 0 Å². The minimum Gasteiger partial charge on any atom is -0.333 e. The van der Waals surface area contributed by atoms with E-state index in [-0.39, 0.29) is 30.6 Å². The normalized spacial score (nSPS) is 19.0. The van der Waals surface area contributed by atoms with Gasteiger partial charge in [-0.2, -0.15) is 17.5 Å². The van der Waals surface area contributed by atoms with E-state index in [9.17, 15) is 21.6 Å². The molecule has 0 radical (unpaired) electrons. The summed E-state index contributed by atoms with van der Waals surface area (Å²) in [7, 11) is -3.86. The number of hydrogen-bond donors (Lipinski definition) is 0. The number of sulfonamides is 1. The van der Waals surface area contributed by atoms with Crippen molar-refractivity contribution in [3.63, 3.8) is 0 Å². The summed E-state index contributed by atoms with van der Waals surface area (Å²) in [6, 6.07) is 0.106. The van der Waals surface area contributed by atoms with Crippen LogP contribution in [0.2, 0.25) is 0 Å². The second kappa shape index (κ2) is 6.04. The standard InChI is InChI=1S/C13H18F3N3O2S/c1-3-10(2)18-8-12(17-9-18)22(20,21)19-6-4-11(5-7-19)13(14,15)16/h4,8-10H,3,5-7H2,1-2H3/t10-/m0/s1. The maximum atomic E-state index is 12.6. The van der Waals surface area contributed by atoms with E-state index in [1.807, 2.05) is 13.8 Å². The van der Waals surface area contributed by atoms with Crippen LogP contribution in [0.1, 0.15) is 32.7 Å². The van der Waals surface area contributed by atoms with Gasteiger partial charge in [-0.15, -0.1) is 0 Å². The van der Waals surface area contributed by atoms with Crippen LogP contribution in [-0.4, -0.2) is 41.5 Å². The fourth-order valence-corrected chi connectivity index (χ4v) is 3.46. The molecule has 0 unspecified atom stereocenters. The van der Waals surface area contributed by atoms with Crippen LogP contribution >= 0.6 is 0 Å². The average Bonchev–Trinajstić information content (AvgIpc) is 2.96. The Morgan fingerprint density at radius 2 is 2.09 bits per heavy atom. The molecule has 0 aliphatic carbocycles. The van der Waals surface area contributed by atoms with Crippen molar-refractivity contribution in [2.75, 3.05) is 13.1 Å². The smallest absolute Gasteiger partial charge is 0.333 e. The molecule has 2 rings (SSSR count). The zero-order chi connectivity index (χ0) is 16.5.